The van der Waals surface area contributed by atoms with Gasteiger partial charge in [-0.3, -0.25) is 14.5 Å². The average molecular weight is 395 g/mol. The molecule has 2 amide bonds. The van der Waals surface area contributed by atoms with Gasteiger partial charge in [-0.15, -0.1) is 11.7 Å². The van der Waals surface area contributed by atoms with E-state index >= 15 is 0 Å². The van der Waals surface area contributed by atoms with Crippen LogP contribution in [-0.4, -0.2) is 38.6 Å². The van der Waals surface area contributed by atoms with Crippen LogP contribution < -0.4 is 5.43 Å². The molecule has 0 aliphatic carbocycles. The first-order chi connectivity index (χ1) is 13.5. The van der Waals surface area contributed by atoms with E-state index in [-0.39, 0.29) is 29.5 Å². The smallest absolute Gasteiger partial charge is 0.275 e. The lowest BCUT2D eigenvalue weighted by Crippen LogP contribution is -2.31. The summed E-state index contributed by atoms with van der Waals surface area (Å²) < 4.78 is 0. The normalized spacial score (nSPS) is 16.6. The Labute approximate surface area is 165 Å². The van der Waals surface area contributed by atoms with E-state index in [4.69, 9.17) is 0 Å². The number of carbonyl (C=O) groups excluding carboxylic acids is 2. The molecule has 7 nitrogen and oxygen atoms in total. The molecule has 3 rings (SSSR count). The summed E-state index contributed by atoms with van der Waals surface area (Å²) in [6, 6.07) is 12.5. The summed E-state index contributed by atoms with van der Waals surface area (Å²) in [6.07, 6.45) is 3.23. The minimum Gasteiger partial charge on any atom is -0.508 e. The average Bonchev–Trinajstić information content (AvgIpc) is 2.97. The van der Waals surface area contributed by atoms with Crippen molar-refractivity contribution in [3.8, 4) is 11.5 Å². The van der Waals surface area contributed by atoms with Crippen molar-refractivity contribution in [3.05, 3.63) is 77.2 Å². The predicted molar refractivity (Wildman–Crippen MR) is 109 cm³/mol. The second-order valence-corrected chi connectivity index (χ2v) is 6.77. The second kappa shape index (κ2) is 8.45. The maximum absolute atomic E-state index is 12.7. The SMILES string of the molecule is C=CCN1C(=O)C(=Cc2ccc(O)cc2)SC1=NNC(=O)c1ccccc1O. The van der Waals surface area contributed by atoms with E-state index in [1.54, 1.807) is 36.4 Å². The standard InChI is InChI=1S/C20H17N3O4S/c1-2-11-23-19(27)17(12-13-7-9-14(24)10-8-13)28-20(23)22-21-18(26)15-5-3-4-6-16(15)25/h2-10,12,24-25H,1,11H2,(H,21,26). The maximum atomic E-state index is 12.7. The van der Waals surface area contributed by atoms with Crippen LogP contribution in [0.4, 0.5) is 0 Å². The quantitative estimate of drug-likeness (QED) is 0.410. The molecule has 1 aliphatic heterocycles. The van der Waals surface area contributed by atoms with Gasteiger partial charge in [0.2, 0.25) is 0 Å². The first-order valence-corrected chi connectivity index (χ1v) is 9.08. The molecule has 0 atom stereocenters. The Hall–Kier alpha value is -3.52. The van der Waals surface area contributed by atoms with E-state index < -0.39 is 5.91 Å². The van der Waals surface area contributed by atoms with Gasteiger partial charge in [0.25, 0.3) is 11.8 Å². The number of amides is 2. The highest BCUT2D eigenvalue weighted by molar-refractivity contribution is 8.18. The van der Waals surface area contributed by atoms with E-state index in [0.717, 1.165) is 17.3 Å². The molecule has 0 unspecified atom stereocenters. The molecular weight excluding hydrogens is 378 g/mol. The van der Waals surface area contributed by atoms with Crippen molar-refractivity contribution >= 4 is 34.8 Å². The van der Waals surface area contributed by atoms with Gasteiger partial charge in [-0.2, -0.15) is 0 Å². The number of aromatic hydroxyl groups is 2. The molecule has 2 aromatic carbocycles. The molecule has 0 spiro atoms. The van der Waals surface area contributed by atoms with Gasteiger partial charge in [0.15, 0.2) is 5.17 Å². The summed E-state index contributed by atoms with van der Waals surface area (Å²) in [5.74, 6) is -0.886. The summed E-state index contributed by atoms with van der Waals surface area (Å²) in [6.45, 7) is 3.87. The van der Waals surface area contributed by atoms with Crippen molar-refractivity contribution in [3.63, 3.8) is 0 Å². The van der Waals surface area contributed by atoms with Gasteiger partial charge in [-0.1, -0.05) is 30.3 Å². The van der Waals surface area contributed by atoms with Crippen LogP contribution in [0.25, 0.3) is 6.08 Å². The van der Waals surface area contributed by atoms with Crippen LogP contribution in [0.15, 0.2) is 71.2 Å². The van der Waals surface area contributed by atoms with Crippen molar-refractivity contribution in [1.29, 1.82) is 0 Å². The van der Waals surface area contributed by atoms with Crippen LogP contribution in [-0.2, 0) is 4.79 Å². The number of carbonyl (C=O) groups is 2. The van der Waals surface area contributed by atoms with Gasteiger partial charge in [0, 0.05) is 6.54 Å². The Morgan fingerprint density at radius 2 is 1.89 bits per heavy atom. The minimum absolute atomic E-state index is 0.0799. The number of thioether (sulfide) groups is 1. The molecule has 1 aliphatic rings. The number of para-hydroxylation sites is 1. The highest BCUT2D eigenvalue weighted by Crippen LogP contribution is 2.32. The van der Waals surface area contributed by atoms with Crippen molar-refractivity contribution < 1.29 is 19.8 Å². The third-order valence-electron chi connectivity index (χ3n) is 3.79. The molecule has 0 radical (unpaired) electrons. The molecule has 8 heteroatoms. The molecular formula is C20H17N3O4S. The number of nitrogens with zero attached hydrogens (tertiary/aromatic N) is 2. The fourth-order valence-corrected chi connectivity index (χ4v) is 3.38. The van der Waals surface area contributed by atoms with Crippen LogP contribution in [0, 0.1) is 0 Å². The number of hydrogen-bond acceptors (Lipinski definition) is 6. The summed E-state index contributed by atoms with van der Waals surface area (Å²) in [5.41, 5.74) is 3.18. The van der Waals surface area contributed by atoms with Crippen LogP contribution in [0.3, 0.4) is 0 Å². The van der Waals surface area contributed by atoms with Crippen molar-refractivity contribution in [1.82, 2.24) is 10.3 Å². The number of phenolic OH excluding ortho intramolecular Hbond substituents is 2. The van der Waals surface area contributed by atoms with Crippen molar-refractivity contribution in [2.45, 2.75) is 0 Å². The Morgan fingerprint density at radius 3 is 2.57 bits per heavy atom. The number of hydrogen-bond donors (Lipinski definition) is 3. The largest absolute Gasteiger partial charge is 0.508 e. The highest BCUT2D eigenvalue weighted by atomic mass is 32.2. The Morgan fingerprint density at radius 1 is 1.18 bits per heavy atom. The molecule has 1 heterocycles. The van der Waals surface area contributed by atoms with E-state index in [9.17, 15) is 19.8 Å². The monoisotopic (exact) mass is 395 g/mol. The first-order valence-electron chi connectivity index (χ1n) is 8.27. The van der Waals surface area contributed by atoms with Gasteiger partial charge in [0.1, 0.15) is 11.5 Å². The molecule has 3 N–H and O–H groups in total. The summed E-state index contributed by atoms with van der Waals surface area (Å²) in [7, 11) is 0. The Bertz CT molecular complexity index is 983. The lowest BCUT2D eigenvalue weighted by atomic mass is 10.2. The molecule has 1 fully saturated rings. The maximum Gasteiger partial charge on any atom is 0.275 e. The van der Waals surface area contributed by atoms with Crippen molar-refractivity contribution in [2.75, 3.05) is 6.54 Å². The van der Waals surface area contributed by atoms with E-state index in [2.05, 4.69) is 17.1 Å². The summed E-state index contributed by atoms with van der Waals surface area (Å²) in [4.78, 5) is 26.7. The number of benzene rings is 2. The lowest BCUT2D eigenvalue weighted by Gasteiger charge is -2.12. The Balaban J connectivity index is 1.83. The second-order valence-electron chi connectivity index (χ2n) is 5.76. The fourth-order valence-electron chi connectivity index (χ4n) is 2.43. The number of phenols is 2. The van der Waals surface area contributed by atoms with Gasteiger partial charge >= 0.3 is 0 Å². The minimum atomic E-state index is -0.590. The predicted octanol–water partition coefficient (Wildman–Crippen LogP) is 2.90. The molecule has 1 saturated heterocycles. The van der Waals surface area contributed by atoms with Crippen LogP contribution in [0.1, 0.15) is 15.9 Å². The van der Waals surface area contributed by atoms with Gasteiger partial charge in [-0.25, -0.2) is 5.43 Å². The molecule has 2 aromatic rings. The highest BCUT2D eigenvalue weighted by Gasteiger charge is 2.33. The number of rotatable bonds is 5. The van der Waals surface area contributed by atoms with E-state index in [1.807, 2.05) is 0 Å². The third-order valence-corrected chi connectivity index (χ3v) is 4.80. The molecule has 0 bridgehead atoms. The first kappa shape index (κ1) is 19.2. The van der Waals surface area contributed by atoms with Crippen LogP contribution >= 0.6 is 11.8 Å². The van der Waals surface area contributed by atoms with Gasteiger partial charge in [-0.05, 0) is 47.7 Å². The zero-order chi connectivity index (χ0) is 20.1. The Kier molecular flexibility index (Phi) is 5.81. The third kappa shape index (κ3) is 4.24. The van der Waals surface area contributed by atoms with E-state index in [0.29, 0.717) is 10.1 Å². The van der Waals surface area contributed by atoms with Crippen molar-refractivity contribution in [2.24, 2.45) is 5.10 Å². The lowest BCUT2D eigenvalue weighted by molar-refractivity contribution is -0.121. The number of nitrogens with one attached hydrogen (secondary N) is 1. The zero-order valence-corrected chi connectivity index (χ0v) is 15.5. The summed E-state index contributed by atoms with van der Waals surface area (Å²) in [5, 5.41) is 23.5. The molecule has 0 aromatic heterocycles. The fraction of sp³-hybridized carbons (Fsp3) is 0.0500. The van der Waals surface area contributed by atoms with E-state index in [1.165, 1.54) is 29.2 Å². The summed E-state index contributed by atoms with van der Waals surface area (Å²) >= 11 is 1.11. The molecule has 142 valence electrons. The van der Waals surface area contributed by atoms with Crippen LogP contribution in [0.5, 0.6) is 11.5 Å². The number of amidine groups is 1. The van der Waals surface area contributed by atoms with Gasteiger partial charge in [0.05, 0.1) is 10.5 Å². The van der Waals surface area contributed by atoms with Gasteiger partial charge < -0.3 is 10.2 Å². The zero-order valence-electron chi connectivity index (χ0n) is 14.7. The molecule has 0 saturated carbocycles. The topological polar surface area (TPSA) is 102 Å². The van der Waals surface area contributed by atoms with Crippen LogP contribution in [0.2, 0.25) is 0 Å². The number of hydrazone groups is 1. The molecule has 28 heavy (non-hydrogen) atoms.